The number of ether oxygens (including phenoxy) is 1. The number of carboxylic acids is 1. The van der Waals surface area contributed by atoms with Crippen LogP contribution in [0, 0.1) is 17.8 Å². The van der Waals surface area contributed by atoms with Crippen LogP contribution in [0.2, 0.25) is 0 Å². The van der Waals surface area contributed by atoms with Crippen LogP contribution in [-0.2, 0) is 14.3 Å². The number of carbonyl (C=O) groups excluding carboxylic acids is 1. The largest absolute Gasteiger partial charge is 0.478 e. The van der Waals surface area contributed by atoms with Gasteiger partial charge >= 0.3 is 5.97 Å². The van der Waals surface area contributed by atoms with E-state index in [2.05, 4.69) is 0 Å². The lowest BCUT2D eigenvalue weighted by atomic mass is 9.54. The van der Waals surface area contributed by atoms with Gasteiger partial charge in [-0.05, 0) is 56.3 Å². The predicted octanol–water partition coefficient (Wildman–Crippen LogP) is 2.07. The van der Waals surface area contributed by atoms with Gasteiger partial charge in [0.2, 0.25) is 0 Å². The summed E-state index contributed by atoms with van der Waals surface area (Å²) >= 11 is 0. The maximum atomic E-state index is 12.2. The first kappa shape index (κ1) is 15.5. The Labute approximate surface area is 131 Å². The molecule has 0 aliphatic heterocycles. The lowest BCUT2D eigenvalue weighted by Crippen LogP contribution is -2.52. The van der Waals surface area contributed by atoms with Crippen LogP contribution in [0.3, 0.4) is 0 Å². The van der Waals surface area contributed by atoms with Crippen LogP contribution in [-0.4, -0.2) is 48.1 Å². The molecule has 0 radical (unpaired) electrons. The summed E-state index contributed by atoms with van der Waals surface area (Å²) in [5, 5.41) is 9.18. The second-order valence-corrected chi connectivity index (χ2v) is 7.62. The van der Waals surface area contributed by atoms with Gasteiger partial charge in [-0.15, -0.1) is 0 Å². The van der Waals surface area contributed by atoms with Crippen molar-refractivity contribution in [1.82, 2.24) is 4.90 Å². The third kappa shape index (κ3) is 3.05. The van der Waals surface area contributed by atoms with Crippen LogP contribution in [0.1, 0.15) is 38.5 Å². The number of rotatable bonds is 6. The minimum atomic E-state index is -1.19. The minimum absolute atomic E-state index is 0.113. The number of ketones is 1. The highest BCUT2D eigenvalue weighted by Crippen LogP contribution is 2.57. The van der Waals surface area contributed by atoms with Gasteiger partial charge in [-0.25, -0.2) is 4.79 Å². The smallest absolute Gasteiger partial charge is 0.340 e. The molecule has 0 aromatic heterocycles. The first-order valence-electron chi connectivity index (χ1n) is 8.15. The number of Topliss-reactive ketones (excluding diaryl/α,β-unsaturated/α-hetero) is 1. The number of nitrogens with zero attached hydrogens (tertiary/aromatic N) is 1. The monoisotopic (exact) mass is 307 g/mol. The molecule has 5 heteroatoms. The Morgan fingerprint density at radius 1 is 1.14 bits per heavy atom. The molecule has 0 aromatic carbocycles. The summed E-state index contributed by atoms with van der Waals surface area (Å²) in [5.74, 6) is 0.623. The van der Waals surface area contributed by atoms with Crippen LogP contribution in [0.15, 0.2) is 11.8 Å². The van der Waals surface area contributed by atoms with Crippen molar-refractivity contribution in [2.75, 3.05) is 20.7 Å². The molecule has 0 amide bonds. The van der Waals surface area contributed by atoms with Crippen molar-refractivity contribution >= 4 is 11.8 Å². The second-order valence-electron chi connectivity index (χ2n) is 7.62. The third-order valence-electron chi connectivity index (χ3n) is 5.41. The average Bonchev–Trinajstić information content (AvgIpc) is 2.40. The molecule has 0 atom stereocenters. The summed E-state index contributed by atoms with van der Waals surface area (Å²) in [6.45, 7) is -0.113. The summed E-state index contributed by atoms with van der Waals surface area (Å²) in [6, 6.07) is 0. The predicted molar refractivity (Wildman–Crippen MR) is 81.3 cm³/mol. The number of carboxylic acid groups (broad SMARTS) is 1. The maximum Gasteiger partial charge on any atom is 0.340 e. The molecule has 4 aliphatic rings. The van der Waals surface area contributed by atoms with Crippen molar-refractivity contribution in [3.8, 4) is 0 Å². The zero-order valence-electron chi connectivity index (χ0n) is 13.4. The summed E-state index contributed by atoms with van der Waals surface area (Å²) in [6.07, 6.45) is 8.45. The van der Waals surface area contributed by atoms with Gasteiger partial charge < -0.3 is 14.7 Å². The standard InChI is InChI=1S/C17H25NO4/c1-18(2)9-14(16(20)21)15(19)10-22-17-6-11-3-12(7-17)5-13(4-11)8-17/h9,11-13H,3-8,10H2,1-2H3,(H,20,21)/b14-9-. The van der Waals surface area contributed by atoms with Gasteiger partial charge in [0.15, 0.2) is 5.78 Å². The fourth-order valence-electron chi connectivity index (χ4n) is 5.01. The fraction of sp³-hybridized carbons (Fsp3) is 0.765. The Balaban J connectivity index is 1.64. The Morgan fingerprint density at radius 3 is 2.05 bits per heavy atom. The molecule has 4 bridgehead atoms. The van der Waals surface area contributed by atoms with Gasteiger partial charge in [-0.2, -0.15) is 0 Å². The zero-order chi connectivity index (χ0) is 15.9. The molecular formula is C17H25NO4. The fourth-order valence-corrected chi connectivity index (χ4v) is 5.01. The molecule has 4 aliphatic carbocycles. The maximum absolute atomic E-state index is 12.2. The zero-order valence-corrected chi connectivity index (χ0v) is 13.4. The van der Waals surface area contributed by atoms with E-state index in [4.69, 9.17) is 4.74 Å². The number of hydrogen-bond acceptors (Lipinski definition) is 4. The molecule has 4 saturated carbocycles. The molecule has 0 unspecified atom stereocenters. The topological polar surface area (TPSA) is 66.8 Å². The molecule has 0 aromatic rings. The summed E-state index contributed by atoms with van der Waals surface area (Å²) in [7, 11) is 3.41. The van der Waals surface area contributed by atoms with Crippen molar-refractivity contribution in [2.45, 2.75) is 44.1 Å². The van der Waals surface area contributed by atoms with Crippen molar-refractivity contribution in [1.29, 1.82) is 0 Å². The van der Waals surface area contributed by atoms with Gasteiger partial charge in [-0.3, -0.25) is 4.79 Å². The summed E-state index contributed by atoms with van der Waals surface area (Å²) in [5.41, 5.74) is -0.360. The Bertz CT molecular complexity index is 474. The number of hydrogen-bond donors (Lipinski definition) is 1. The normalized spacial score (nSPS) is 36.5. The van der Waals surface area contributed by atoms with Gasteiger partial charge in [0.25, 0.3) is 0 Å². The highest BCUT2D eigenvalue weighted by atomic mass is 16.5. The van der Waals surface area contributed by atoms with Crippen LogP contribution in [0.25, 0.3) is 0 Å². The number of carbonyl (C=O) groups is 2. The second kappa shape index (κ2) is 5.69. The van der Waals surface area contributed by atoms with E-state index in [9.17, 15) is 14.7 Å². The lowest BCUT2D eigenvalue weighted by Gasteiger charge is -2.56. The van der Waals surface area contributed by atoms with E-state index < -0.39 is 11.8 Å². The molecule has 4 rings (SSSR count). The van der Waals surface area contributed by atoms with E-state index in [0.717, 1.165) is 37.0 Å². The molecule has 22 heavy (non-hydrogen) atoms. The average molecular weight is 307 g/mol. The van der Waals surface area contributed by atoms with Gasteiger partial charge in [0, 0.05) is 20.3 Å². The summed E-state index contributed by atoms with van der Waals surface area (Å²) < 4.78 is 6.04. The Hall–Kier alpha value is -1.36. The molecule has 0 heterocycles. The quantitative estimate of drug-likeness (QED) is 0.462. The van der Waals surface area contributed by atoms with Crippen LogP contribution >= 0.6 is 0 Å². The van der Waals surface area contributed by atoms with E-state index in [1.807, 2.05) is 0 Å². The molecule has 4 fully saturated rings. The van der Waals surface area contributed by atoms with Crippen molar-refractivity contribution < 1.29 is 19.4 Å². The van der Waals surface area contributed by atoms with E-state index in [0.29, 0.717) is 0 Å². The molecule has 5 nitrogen and oxygen atoms in total. The first-order valence-corrected chi connectivity index (χ1v) is 8.15. The van der Waals surface area contributed by atoms with E-state index in [1.54, 1.807) is 19.0 Å². The third-order valence-corrected chi connectivity index (χ3v) is 5.41. The molecule has 1 N–H and O–H groups in total. The van der Waals surface area contributed by atoms with Gasteiger partial charge in [0.05, 0.1) is 5.60 Å². The van der Waals surface area contributed by atoms with Crippen LogP contribution in [0.5, 0.6) is 0 Å². The van der Waals surface area contributed by atoms with Crippen LogP contribution in [0.4, 0.5) is 0 Å². The summed E-state index contributed by atoms with van der Waals surface area (Å²) in [4.78, 5) is 25.0. The molecular weight excluding hydrogens is 282 g/mol. The van der Waals surface area contributed by atoms with Gasteiger partial charge in [0.1, 0.15) is 12.2 Å². The molecule has 122 valence electrons. The van der Waals surface area contributed by atoms with E-state index in [1.165, 1.54) is 25.5 Å². The van der Waals surface area contributed by atoms with E-state index >= 15 is 0 Å². The highest BCUT2D eigenvalue weighted by molar-refractivity contribution is 6.17. The minimum Gasteiger partial charge on any atom is -0.478 e. The van der Waals surface area contributed by atoms with E-state index in [-0.39, 0.29) is 17.8 Å². The van der Waals surface area contributed by atoms with Crippen molar-refractivity contribution in [3.05, 3.63) is 11.8 Å². The Kier molecular flexibility index (Phi) is 4.02. The van der Waals surface area contributed by atoms with Crippen molar-refractivity contribution in [3.63, 3.8) is 0 Å². The van der Waals surface area contributed by atoms with Crippen molar-refractivity contribution in [2.24, 2.45) is 17.8 Å². The number of aliphatic carboxylic acids is 1. The lowest BCUT2D eigenvalue weighted by molar-refractivity contribution is -0.168. The van der Waals surface area contributed by atoms with Gasteiger partial charge in [-0.1, -0.05) is 0 Å². The molecule has 0 saturated heterocycles. The first-order chi connectivity index (χ1) is 10.4. The highest BCUT2D eigenvalue weighted by Gasteiger charge is 2.51. The molecule has 0 spiro atoms. The SMILES string of the molecule is CN(C)/C=C(\C(=O)O)C(=O)COC12CC3CC(CC(C3)C1)C2. The Morgan fingerprint density at radius 2 is 1.64 bits per heavy atom. The van der Waals surface area contributed by atoms with Crippen LogP contribution < -0.4 is 0 Å².